The third kappa shape index (κ3) is 37.6. The highest BCUT2D eigenvalue weighted by Gasteiger charge is 2.33. The molecule has 13 rings (SSSR count). The van der Waals surface area contributed by atoms with Crippen molar-refractivity contribution < 1.29 is 130 Å². The third-order valence-electron chi connectivity index (χ3n) is 18.4. The molecule has 8 aromatic heterocycles. The van der Waals surface area contributed by atoms with Crippen LogP contribution in [0.1, 0.15) is 75.6 Å². The van der Waals surface area contributed by atoms with Crippen molar-refractivity contribution in [2.45, 2.75) is 118 Å². The quantitative estimate of drug-likeness (QED) is 0.00577. The van der Waals surface area contributed by atoms with Gasteiger partial charge in [0.15, 0.2) is 44.7 Å². The van der Waals surface area contributed by atoms with Gasteiger partial charge in [0.1, 0.15) is 31.5 Å². The summed E-state index contributed by atoms with van der Waals surface area (Å²) >= 11 is 13.5. The van der Waals surface area contributed by atoms with E-state index in [9.17, 15) is 56.6 Å². The number of benzene rings is 4. The Hall–Kier alpha value is -11.1. The molecule has 1 aliphatic carbocycles. The van der Waals surface area contributed by atoms with Crippen LogP contribution < -0.4 is 45.2 Å². The van der Waals surface area contributed by atoms with Crippen LogP contribution in [0.2, 0.25) is 0 Å². The summed E-state index contributed by atoms with van der Waals surface area (Å²) in [4.78, 5) is 136. The zero-order valence-corrected chi connectivity index (χ0v) is 85.9. The van der Waals surface area contributed by atoms with Crippen molar-refractivity contribution in [3.63, 3.8) is 0 Å². The highest BCUT2D eigenvalue weighted by Crippen LogP contribution is 2.52. The molecule has 141 heavy (non-hydrogen) atoms. The first kappa shape index (κ1) is 112. The number of nitrogen functional groups attached to an aromatic ring is 4. The van der Waals surface area contributed by atoms with E-state index in [2.05, 4.69) is 133 Å². The molecule has 0 amide bonds. The molecule has 52 nitrogen and oxygen atoms in total. The number of nitrogens with zero attached hydrogens (tertiary/aromatic N) is 12. The number of hydrogen-bond donors (Lipinski definition) is 8. The van der Waals surface area contributed by atoms with E-state index in [1.807, 2.05) is 50.2 Å². The van der Waals surface area contributed by atoms with E-state index in [4.69, 9.17) is 106 Å². The Bertz CT molecular complexity index is 6640. The molecule has 0 bridgehead atoms. The monoisotopic (exact) mass is 2300 g/mol. The lowest BCUT2D eigenvalue weighted by molar-refractivity contribution is -0.0215. The van der Waals surface area contributed by atoms with E-state index in [1.54, 1.807) is 92.8 Å². The molecule has 0 saturated heterocycles. The molecule has 0 spiro atoms. The van der Waals surface area contributed by atoms with E-state index >= 15 is 0 Å². The predicted octanol–water partition coefficient (Wildman–Crippen LogP) is 13.5. The van der Waals surface area contributed by atoms with Gasteiger partial charge in [0.25, 0.3) is 22.2 Å². The second kappa shape index (κ2) is 55.5. The van der Waals surface area contributed by atoms with E-state index < -0.39 is 130 Å². The number of carbonyl (C=O) groups is 4. The number of carbonyl (C=O) groups excluding carboxylic acids is 4. The van der Waals surface area contributed by atoms with Crippen LogP contribution in [0.3, 0.4) is 0 Å². The van der Waals surface area contributed by atoms with Gasteiger partial charge in [-0.2, -0.15) is 19.9 Å². The third-order valence-corrected chi connectivity index (χ3v) is 26.5. The topological polar surface area (TPSA) is 680 Å². The van der Waals surface area contributed by atoms with Crippen LogP contribution in [0.25, 0.3) is 44.7 Å². The number of anilines is 4. The average Bonchev–Trinajstić information content (AvgIpc) is 1.68. The van der Waals surface area contributed by atoms with Crippen LogP contribution in [0.5, 0.6) is 0 Å². The van der Waals surface area contributed by atoms with Crippen molar-refractivity contribution in [2.24, 2.45) is 5.92 Å². The minimum absolute atomic E-state index is 0.0231. The fourth-order valence-corrected chi connectivity index (χ4v) is 18.2. The van der Waals surface area contributed by atoms with Gasteiger partial charge >= 0.3 is 55.0 Å². The Balaban J connectivity index is 0.000000194. The predicted molar refractivity (Wildman–Crippen MR) is 517 cm³/mol. The van der Waals surface area contributed by atoms with Gasteiger partial charge < -0.3 is 116 Å². The molecule has 1 saturated carbocycles. The molecule has 12 N–H and O–H groups in total. The van der Waals surface area contributed by atoms with E-state index in [0.717, 1.165) is 72.9 Å². The first-order chi connectivity index (χ1) is 67.4. The van der Waals surface area contributed by atoms with Gasteiger partial charge in [0.05, 0.1) is 98.0 Å². The van der Waals surface area contributed by atoms with E-state index in [0.29, 0.717) is 11.3 Å². The zero-order chi connectivity index (χ0) is 102. The number of imidazole rings is 4. The fraction of sp³-hybridized carbons (Fsp3) is 0.407. The Morgan fingerprint density at radius 1 is 0.397 bits per heavy atom. The lowest BCUT2D eigenvalue weighted by atomic mass is 10.2. The maximum atomic E-state index is 13.4. The maximum absolute atomic E-state index is 13.4. The number of rotatable bonds is 48. The first-order valence-electron chi connectivity index (χ1n) is 42.2. The molecule has 12 aromatic rings. The number of fused-ring (bicyclic) bond motifs is 4. The molecule has 764 valence electrons. The standard InChI is InChI=1S/C22H27BrN5O8P.C21H27BrN5O8P.C20H25BrN5O8P.C18H21BrN5O8P/c23-16-5-3-4-15(10-16)11-34-37(31,35-13-33-22(30)36-17-6-1-2-7-17)14-32-9-8-28-12-25-18-19(28)26-21(24)27-20(18)29;1-14(2)9-32-21(29)33-12-35-36(30,34-10-15-4-3-5-16(22)8-15)13-31-7-6-27-11-24-17-18(27)25-20(23)26-19(17)28;1-13(2)34-20(28)31-11-33-35(29,32-9-14-4-3-5-15(21)8-14)12-30-7-6-26-10-23-16-17(26)24-19(22)25-18(16)27;1-28-18(26)30-10-32-33(27,31-8-12-3-2-4-13(19)7-12)11-29-6-5-24-9-21-14-15(24)22-17(20)23-16(14)25/h3-5,10,12,17H,1-2,6-9,11,13-14H2,(H3,24,26,27,29);3-5,8,11,14H,6-7,9-10,12-13H2,1-2H3,(H3,23,25,26,28);3-5,8,10,13H,6-7,9,11-12H2,1-2H3,(H3,22,24,25,27);2-4,7,9H,5-6,8,10-11H2,1H3,(H3,20,22,23,25). The number of methoxy groups -OCH3 is 1. The van der Waals surface area contributed by atoms with Crippen molar-refractivity contribution in [1.29, 1.82) is 0 Å². The summed E-state index contributed by atoms with van der Waals surface area (Å²) < 4.78 is 166. The molecule has 0 radical (unpaired) electrons. The van der Waals surface area contributed by atoms with Crippen LogP contribution >= 0.6 is 94.1 Å². The second-order valence-electron chi connectivity index (χ2n) is 30.1. The van der Waals surface area contributed by atoms with Crippen molar-refractivity contribution in [3.05, 3.63) is 204 Å². The lowest BCUT2D eigenvalue weighted by Crippen LogP contribution is -2.17. The van der Waals surface area contributed by atoms with Crippen molar-refractivity contribution >= 4 is 187 Å². The van der Waals surface area contributed by atoms with Crippen molar-refractivity contribution in [1.82, 2.24) is 78.1 Å². The van der Waals surface area contributed by atoms with E-state index in [1.165, 1.54) is 25.3 Å². The van der Waals surface area contributed by atoms with Gasteiger partial charge in [0, 0.05) is 44.1 Å². The van der Waals surface area contributed by atoms with Crippen molar-refractivity contribution in [3.8, 4) is 0 Å². The molecule has 8 heterocycles. The minimum atomic E-state index is -3.85. The largest absolute Gasteiger partial charge is 0.510 e. The second-order valence-corrected chi connectivity index (χ2v) is 41.8. The number of halogens is 4. The average molecular weight is 2310 g/mol. The van der Waals surface area contributed by atoms with Crippen LogP contribution in [-0.4, -0.2) is 208 Å². The molecule has 4 atom stereocenters. The van der Waals surface area contributed by atoms with Crippen molar-refractivity contribution in [2.75, 3.05) is 116 Å². The van der Waals surface area contributed by atoms with Crippen LogP contribution in [-0.2, 0) is 164 Å². The summed E-state index contributed by atoms with van der Waals surface area (Å²) in [6.45, 7) is 5.74. The molecule has 1 aliphatic rings. The Labute approximate surface area is 834 Å². The smallest absolute Gasteiger partial charge is 0.438 e. The number of ether oxygens (including phenoxy) is 12. The van der Waals surface area contributed by atoms with Crippen LogP contribution in [0.15, 0.2) is 159 Å². The fourth-order valence-electron chi connectivity index (χ4n) is 11.9. The summed E-state index contributed by atoms with van der Waals surface area (Å²) in [5, 5.41) is 0. The number of aromatic nitrogens is 16. The number of hydrogen-bond acceptors (Lipinski definition) is 44. The maximum Gasteiger partial charge on any atom is 0.510 e. The summed E-state index contributed by atoms with van der Waals surface area (Å²) in [5.74, 6) is -0.0323. The molecule has 0 aliphatic heterocycles. The van der Waals surface area contributed by atoms with Gasteiger partial charge in [-0.05, 0) is 116 Å². The SMILES string of the molecule is CC(C)COC(=O)OCOP(=O)(COCCn1cnc2c(=O)[nH]c(N)nc21)OCc1cccc(Br)c1.CC(C)OC(=O)OCOP(=O)(COCCn1cnc2c(=O)[nH]c(N)nc21)OCc1cccc(Br)c1.COC(=O)OCOP(=O)(COCCn1cnc2c(=O)[nH]c(N)nc21)OCc1cccc(Br)c1.Nc1nc2c(ncn2CCOCP(=O)(OCOC(=O)OC2CCCC2)OCc2cccc(Br)c2)c(=O)[nH]1. The number of nitrogens with two attached hydrogens (primary N) is 4. The summed E-state index contributed by atoms with van der Waals surface area (Å²) in [6, 6.07) is 29.0. The highest BCUT2D eigenvalue weighted by atomic mass is 79.9. The van der Waals surface area contributed by atoms with Gasteiger partial charge in [-0.15, -0.1) is 0 Å². The van der Waals surface area contributed by atoms with Crippen LogP contribution in [0.4, 0.5) is 43.0 Å². The Morgan fingerprint density at radius 3 is 0.943 bits per heavy atom. The first-order valence-corrected chi connectivity index (χ1v) is 52.3. The number of aromatic amines is 4. The zero-order valence-electron chi connectivity index (χ0n) is 76.0. The lowest BCUT2D eigenvalue weighted by Gasteiger charge is -2.19. The normalized spacial score (nSPS) is 13.8. The number of nitrogens with one attached hydrogen (secondary N) is 4. The molecule has 4 unspecified atom stereocenters. The molecular weight excluding hydrogens is 2210 g/mol. The summed E-state index contributed by atoms with van der Waals surface area (Å²) in [5.41, 5.74) is 25.2. The van der Waals surface area contributed by atoms with Crippen LogP contribution in [0, 0.1) is 5.92 Å². The number of H-pyrrole nitrogens is 4. The summed E-state index contributed by atoms with van der Waals surface area (Å²) in [7, 11) is -14.2. The van der Waals surface area contributed by atoms with E-state index in [-0.39, 0.29) is 161 Å². The van der Waals surface area contributed by atoms with Gasteiger partial charge in [0.2, 0.25) is 51.0 Å². The summed E-state index contributed by atoms with van der Waals surface area (Å²) in [6.07, 6.45) is 3.24. The molecule has 60 heteroatoms. The molecular formula is C81H100Br4N20O32P4. The molecule has 4 aromatic carbocycles. The van der Waals surface area contributed by atoms with Gasteiger partial charge in [-0.25, -0.2) is 39.1 Å². The van der Waals surface area contributed by atoms with Gasteiger partial charge in [-0.3, -0.25) is 75.5 Å². The Kier molecular flexibility index (Phi) is 44.1. The minimum Gasteiger partial charge on any atom is -0.438 e. The Morgan fingerprint density at radius 2 is 0.674 bits per heavy atom. The van der Waals surface area contributed by atoms with Gasteiger partial charge in [-0.1, -0.05) is 126 Å². The molecule has 1 fully saturated rings. The highest BCUT2D eigenvalue weighted by molar-refractivity contribution is 9.11.